The van der Waals surface area contributed by atoms with E-state index in [0.29, 0.717) is 0 Å². The number of nitrogens with two attached hydrogens (primary N) is 2. The lowest BCUT2D eigenvalue weighted by Crippen LogP contribution is -3.00. The van der Waals surface area contributed by atoms with Crippen LogP contribution in [0.25, 0.3) is 0 Å². The van der Waals surface area contributed by atoms with Gasteiger partial charge in [0.15, 0.2) is 0 Å². The topological polar surface area (TPSA) is 66.0 Å². The van der Waals surface area contributed by atoms with E-state index in [0.717, 1.165) is 6.34 Å². The molecule has 0 aliphatic rings. The molecule has 0 atom stereocenters. The summed E-state index contributed by atoms with van der Waals surface area (Å²) in [6, 6.07) is 0. The van der Waals surface area contributed by atoms with Crippen LogP contribution in [0.4, 0.5) is 0 Å². The second-order valence-corrected chi connectivity index (χ2v) is 0.333. The molecular formula is CH6IN3. The second-order valence-electron chi connectivity index (χ2n) is 0.333. The molecule has 3 nitrogen and oxygen atoms in total. The highest BCUT2D eigenvalue weighted by Gasteiger charge is 1.37. The normalized spacial score (nSPS) is 7.20. The Kier molecular flexibility index (Phi) is 16.0. The summed E-state index contributed by atoms with van der Waals surface area (Å²) >= 11 is 0. The predicted molar refractivity (Wildman–Crippen MR) is 15.4 cm³/mol. The van der Waals surface area contributed by atoms with Crippen LogP contribution in [0.3, 0.4) is 0 Å². The zero-order chi connectivity index (χ0) is 3.41. The van der Waals surface area contributed by atoms with Gasteiger partial charge in [0, 0.05) is 0 Å². The van der Waals surface area contributed by atoms with Crippen molar-refractivity contribution in [3.8, 4) is 0 Å². The van der Waals surface area contributed by atoms with Gasteiger partial charge in [-0.15, -0.1) is 0 Å². The summed E-state index contributed by atoms with van der Waals surface area (Å²) < 4.78 is 0. The molecule has 0 bridgehead atoms. The molecule has 4 heteroatoms. The van der Waals surface area contributed by atoms with Gasteiger partial charge in [-0.2, -0.15) is 5.10 Å². The summed E-state index contributed by atoms with van der Waals surface area (Å²) in [7, 11) is 0. The third-order valence-electron chi connectivity index (χ3n) is 0.0962. The van der Waals surface area contributed by atoms with Crippen molar-refractivity contribution in [2.24, 2.45) is 11.6 Å². The molecule has 0 rings (SSSR count). The van der Waals surface area contributed by atoms with Crippen molar-refractivity contribution in [3.63, 3.8) is 0 Å². The van der Waals surface area contributed by atoms with Crippen molar-refractivity contribution in [1.82, 2.24) is 0 Å². The van der Waals surface area contributed by atoms with E-state index < -0.39 is 0 Å². The van der Waals surface area contributed by atoms with Crippen LogP contribution in [-0.2, 0) is 0 Å². The van der Waals surface area contributed by atoms with Crippen molar-refractivity contribution in [2.45, 2.75) is 0 Å². The minimum Gasteiger partial charge on any atom is -1.00 e. The van der Waals surface area contributed by atoms with Gasteiger partial charge < -0.3 is 24.0 Å². The highest BCUT2D eigenvalue weighted by atomic mass is 127. The molecule has 0 aliphatic carbocycles. The van der Waals surface area contributed by atoms with Crippen molar-refractivity contribution < 1.29 is 29.1 Å². The Morgan fingerprint density at radius 2 is 1.80 bits per heavy atom. The first kappa shape index (κ1) is 8.89. The van der Waals surface area contributed by atoms with E-state index in [1.54, 1.807) is 0 Å². The maximum atomic E-state index is 4.67. The van der Waals surface area contributed by atoms with Gasteiger partial charge in [0.25, 0.3) is 6.34 Å². The quantitative estimate of drug-likeness (QED) is 0.116. The van der Waals surface area contributed by atoms with Crippen LogP contribution in [-0.4, -0.2) is 6.34 Å². The largest absolute Gasteiger partial charge is 1.00 e. The van der Waals surface area contributed by atoms with Crippen LogP contribution in [0.2, 0.25) is 0 Å². The van der Waals surface area contributed by atoms with E-state index in [2.05, 4.69) is 16.7 Å². The lowest BCUT2D eigenvalue weighted by Gasteiger charge is -1.52. The fourth-order valence-corrected chi connectivity index (χ4v) is 0. The molecule has 0 aromatic heterocycles. The van der Waals surface area contributed by atoms with Crippen molar-refractivity contribution in [1.29, 1.82) is 0 Å². The van der Waals surface area contributed by atoms with Gasteiger partial charge >= 0.3 is 0 Å². The number of nitrogens with one attached hydrogen (secondary N) is 1. The monoisotopic (exact) mass is 187 g/mol. The van der Waals surface area contributed by atoms with Gasteiger partial charge in [0.1, 0.15) is 0 Å². The van der Waals surface area contributed by atoms with E-state index >= 15 is 0 Å². The molecule has 0 aromatic carbocycles. The number of halogens is 1. The zero-order valence-corrected chi connectivity index (χ0v) is 4.77. The molecule has 0 saturated carbocycles. The summed E-state index contributed by atoms with van der Waals surface area (Å²) in [6.45, 7) is 0. The third-order valence-corrected chi connectivity index (χ3v) is 0.0962. The first-order valence-electron chi connectivity index (χ1n) is 0.911. The highest BCUT2D eigenvalue weighted by Crippen LogP contribution is 0.600. The minimum absolute atomic E-state index is 0. The molecule has 0 radical (unpaired) electrons. The molecule has 32 valence electrons. The van der Waals surface area contributed by atoms with E-state index in [-0.39, 0.29) is 24.0 Å². The molecule has 0 saturated heterocycles. The number of hydrogen-bond donors (Lipinski definition) is 3. The summed E-state index contributed by atoms with van der Waals surface area (Å²) in [5.41, 5.74) is 4.67. The van der Waals surface area contributed by atoms with Gasteiger partial charge in [-0.3, -0.25) is 11.6 Å². The zero-order valence-electron chi connectivity index (χ0n) is 2.61. The molecule has 0 aliphatic heterocycles. The fourth-order valence-electron chi connectivity index (χ4n) is 0. The predicted octanol–water partition coefficient (Wildman–Crippen LogP) is -6.07. The number of hydrazine groups is 1. The molecular weight excluding hydrogens is 181 g/mol. The molecule has 0 spiro atoms. The van der Waals surface area contributed by atoms with Crippen LogP contribution < -0.4 is 40.7 Å². The Morgan fingerprint density at radius 1 is 1.60 bits per heavy atom. The molecule has 0 unspecified atom stereocenters. The number of rotatable bonds is 0. The van der Waals surface area contributed by atoms with Crippen LogP contribution in [0.15, 0.2) is 0 Å². The molecule has 5 N–H and O–H groups in total. The lowest BCUT2D eigenvalue weighted by atomic mass is 11.4. The molecule has 0 fully saturated rings. The van der Waals surface area contributed by atoms with E-state index in [1.807, 2.05) is 0 Å². The summed E-state index contributed by atoms with van der Waals surface area (Å²) in [5.74, 6) is 4.60. The van der Waals surface area contributed by atoms with E-state index in [1.165, 1.54) is 0 Å². The molecule has 5 heavy (non-hydrogen) atoms. The summed E-state index contributed by atoms with van der Waals surface area (Å²) in [4.78, 5) is 0. The summed E-state index contributed by atoms with van der Waals surface area (Å²) in [5, 5.41) is 2.08. The van der Waals surface area contributed by atoms with Gasteiger partial charge in [-0.25, -0.2) is 0 Å². The Balaban J connectivity index is 0. The maximum absolute atomic E-state index is 4.67. The van der Waals surface area contributed by atoms with Crippen molar-refractivity contribution >= 4 is 6.34 Å². The molecule has 0 aromatic rings. The van der Waals surface area contributed by atoms with Crippen LogP contribution in [0.5, 0.6) is 0 Å². The van der Waals surface area contributed by atoms with Gasteiger partial charge in [-0.05, 0) is 0 Å². The average molecular weight is 187 g/mol. The first-order chi connectivity index (χ1) is 1.91. The van der Waals surface area contributed by atoms with Gasteiger partial charge in [0.2, 0.25) is 0 Å². The molecule has 0 heterocycles. The lowest BCUT2D eigenvalue weighted by molar-refractivity contribution is -0.465. The SMILES string of the molecule is NC=[NH+]N.[I-]. The fraction of sp³-hybridized carbons (Fsp3) is 0. The van der Waals surface area contributed by atoms with E-state index in [4.69, 9.17) is 0 Å². The Morgan fingerprint density at radius 3 is 1.80 bits per heavy atom. The van der Waals surface area contributed by atoms with E-state index in [9.17, 15) is 0 Å². The standard InChI is InChI=1S/CH5N3.HI/c2-1-4-3;/h1H,3H2,(H2,2,4);1H. The summed E-state index contributed by atoms with van der Waals surface area (Å²) in [6.07, 6.45) is 1.15. The minimum atomic E-state index is 0. The Labute approximate surface area is 47.4 Å². The highest BCUT2D eigenvalue weighted by molar-refractivity contribution is 5.42. The van der Waals surface area contributed by atoms with Crippen molar-refractivity contribution in [2.75, 3.05) is 0 Å². The molecule has 0 amide bonds. The number of hydrogen-bond acceptors (Lipinski definition) is 1. The van der Waals surface area contributed by atoms with Gasteiger partial charge in [0.05, 0.1) is 0 Å². The average Bonchev–Trinajstić information content (AvgIpc) is 1.37. The van der Waals surface area contributed by atoms with Crippen LogP contribution in [0.1, 0.15) is 0 Å². The second kappa shape index (κ2) is 9.00. The maximum Gasteiger partial charge on any atom is 0.250 e. The van der Waals surface area contributed by atoms with Crippen molar-refractivity contribution in [3.05, 3.63) is 0 Å². The Hall–Kier alpha value is 0. The first-order valence-corrected chi connectivity index (χ1v) is 0.911. The van der Waals surface area contributed by atoms with Crippen LogP contribution in [0, 0.1) is 0 Å². The smallest absolute Gasteiger partial charge is 0.250 e. The number of hydrazone groups is 1. The van der Waals surface area contributed by atoms with Crippen LogP contribution >= 0.6 is 0 Å². The third kappa shape index (κ3) is 16.0. The Bertz CT molecular complexity index is 22.1. The van der Waals surface area contributed by atoms with Gasteiger partial charge in [-0.1, -0.05) is 0 Å².